The lowest BCUT2D eigenvalue weighted by Gasteiger charge is -2.33. The van der Waals surface area contributed by atoms with Crippen molar-refractivity contribution in [3.63, 3.8) is 0 Å². The third kappa shape index (κ3) is 2.93. The molecule has 2 rings (SSSR count). The lowest BCUT2D eigenvalue weighted by atomic mass is 10.00. The molecule has 1 aliphatic heterocycles. The second-order valence-corrected chi connectivity index (χ2v) is 4.71. The van der Waals surface area contributed by atoms with Crippen LogP contribution in [-0.4, -0.2) is 36.9 Å². The van der Waals surface area contributed by atoms with Crippen molar-refractivity contribution in [2.75, 3.05) is 26.2 Å². The van der Waals surface area contributed by atoms with E-state index in [1.165, 1.54) is 5.56 Å². The van der Waals surface area contributed by atoms with E-state index in [0.717, 1.165) is 31.7 Å². The standard InChI is InChI=1S/C14H20N2O/c1-11-3-5-13(6-4-11)14(12(2)17)16-9-7-15-8-10-16/h3-6,14-15H,7-10H2,1-2H3. The van der Waals surface area contributed by atoms with Gasteiger partial charge in [-0.15, -0.1) is 0 Å². The summed E-state index contributed by atoms with van der Waals surface area (Å²) in [5, 5.41) is 3.32. The van der Waals surface area contributed by atoms with Crippen molar-refractivity contribution in [3.8, 4) is 0 Å². The molecule has 3 nitrogen and oxygen atoms in total. The Hall–Kier alpha value is -1.19. The molecule has 1 aliphatic rings. The Morgan fingerprint density at radius 1 is 1.24 bits per heavy atom. The van der Waals surface area contributed by atoms with E-state index in [4.69, 9.17) is 0 Å². The summed E-state index contributed by atoms with van der Waals surface area (Å²) in [6.07, 6.45) is 0. The number of nitrogens with one attached hydrogen (secondary N) is 1. The molecule has 0 spiro atoms. The lowest BCUT2D eigenvalue weighted by Crippen LogP contribution is -2.46. The van der Waals surface area contributed by atoms with E-state index < -0.39 is 0 Å². The highest BCUT2D eigenvalue weighted by Gasteiger charge is 2.25. The molecule has 0 aromatic heterocycles. The zero-order valence-corrected chi connectivity index (χ0v) is 10.6. The van der Waals surface area contributed by atoms with Gasteiger partial charge in [-0.25, -0.2) is 0 Å². The van der Waals surface area contributed by atoms with E-state index in [1.807, 2.05) is 0 Å². The molecule has 92 valence electrons. The highest BCUT2D eigenvalue weighted by Crippen LogP contribution is 2.22. The van der Waals surface area contributed by atoms with Gasteiger partial charge in [-0.1, -0.05) is 29.8 Å². The Labute approximate surface area is 103 Å². The van der Waals surface area contributed by atoms with Crippen molar-refractivity contribution in [3.05, 3.63) is 35.4 Å². The molecule has 3 heteroatoms. The van der Waals surface area contributed by atoms with E-state index in [-0.39, 0.29) is 11.8 Å². The molecule has 1 fully saturated rings. The third-order valence-electron chi connectivity index (χ3n) is 3.29. The van der Waals surface area contributed by atoms with Crippen LogP contribution in [0.25, 0.3) is 0 Å². The molecule has 1 heterocycles. The number of hydrogen-bond donors (Lipinski definition) is 1. The van der Waals surface area contributed by atoms with Gasteiger partial charge in [0.25, 0.3) is 0 Å². The molecule has 1 unspecified atom stereocenters. The number of rotatable bonds is 3. The molecular weight excluding hydrogens is 212 g/mol. The first-order chi connectivity index (χ1) is 8.18. The van der Waals surface area contributed by atoms with Crippen LogP contribution in [0.15, 0.2) is 24.3 Å². The van der Waals surface area contributed by atoms with Crippen molar-refractivity contribution in [1.29, 1.82) is 0 Å². The SMILES string of the molecule is CC(=O)C(c1ccc(C)cc1)N1CCNCC1. The Morgan fingerprint density at radius 2 is 1.82 bits per heavy atom. The molecule has 0 saturated carbocycles. The number of Topliss-reactive ketones (excluding diaryl/α,β-unsaturated/α-hetero) is 1. The Morgan fingerprint density at radius 3 is 2.35 bits per heavy atom. The Bertz CT molecular complexity index is 380. The van der Waals surface area contributed by atoms with Gasteiger partial charge in [0.15, 0.2) is 5.78 Å². The van der Waals surface area contributed by atoms with E-state index in [1.54, 1.807) is 6.92 Å². The van der Waals surface area contributed by atoms with E-state index in [9.17, 15) is 4.79 Å². The number of ketones is 1. The van der Waals surface area contributed by atoms with Gasteiger partial charge in [-0.3, -0.25) is 9.69 Å². The van der Waals surface area contributed by atoms with Gasteiger partial charge in [0, 0.05) is 26.2 Å². The fraction of sp³-hybridized carbons (Fsp3) is 0.500. The minimum absolute atomic E-state index is 0.0716. The first-order valence-corrected chi connectivity index (χ1v) is 6.20. The molecule has 0 amide bonds. The molecule has 1 aromatic rings. The summed E-state index contributed by atoms with van der Waals surface area (Å²) < 4.78 is 0. The average Bonchev–Trinajstić information content (AvgIpc) is 2.33. The number of hydrogen-bond acceptors (Lipinski definition) is 3. The van der Waals surface area contributed by atoms with Crippen molar-refractivity contribution in [2.24, 2.45) is 0 Å². The lowest BCUT2D eigenvalue weighted by molar-refractivity contribution is -0.122. The van der Waals surface area contributed by atoms with Crippen molar-refractivity contribution < 1.29 is 4.79 Å². The number of piperazine rings is 1. The fourth-order valence-electron chi connectivity index (χ4n) is 2.39. The summed E-state index contributed by atoms with van der Waals surface area (Å²) in [7, 11) is 0. The van der Waals surface area contributed by atoms with Gasteiger partial charge in [-0.05, 0) is 19.4 Å². The topological polar surface area (TPSA) is 32.3 Å². The number of carbonyl (C=O) groups is 1. The van der Waals surface area contributed by atoms with E-state index >= 15 is 0 Å². The van der Waals surface area contributed by atoms with Crippen LogP contribution in [0.1, 0.15) is 24.1 Å². The predicted octanol–water partition coefficient (Wildman–Crippen LogP) is 1.53. The van der Waals surface area contributed by atoms with Crippen LogP contribution in [0.3, 0.4) is 0 Å². The van der Waals surface area contributed by atoms with Gasteiger partial charge >= 0.3 is 0 Å². The minimum Gasteiger partial charge on any atom is -0.314 e. The van der Waals surface area contributed by atoms with Crippen LogP contribution >= 0.6 is 0 Å². The molecule has 17 heavy (non-hydrogen) atoms. The van der Waals surface area contributed by atoms with E-state index in [0.29, 0.717) is 0 Å². The summed E-state index contributed by atoms with van der Waals surface area (Å²) in [5.41, 5.74) is 2.35. The third-order valence-corrected chi connectivity index (χ3v) is 3.29. The number of carbonyl (C=O) groups excluding carboxylic acids is 1. The maximum absolute atomic E-state index is 11.9. The van der Waals surface area contributed by atoms with Crippen LogP contribution in [0.2, 0.25) is 0 Å². The number of benzene rings is 1. The van der Waals surface area contributed by atoms with Crippen LogP contribution in [0.4, 0.5) is 0 Å². The summed E-state index contributed by atoms with van der Waals surface area (Å²) in [6.45, 7) is 7.57. The summed E-state index contributed by atoms with van der Waals surface area (Å²) in [4.78, 5) is 14.1. The van der Waals surface area contributed by atoms with Crippen LogP contribution in [-0.2, 0) is 4.79 Å². The number of aryl methyl sites for hydroxylation is 1. The quantitative estimate of drug-likeness (QED) is 0.858. The van der Waals surface area contributed by atoms with Gasteiger partial charge in [-0.2, -0.15) is 0 Å². The Kier molecular flexibility index (Phi) is 3.92. The van der Waals surface area contributed by atoms with Gasteiger partial charge in [0.05, 0.1) is 6.04 Å². The maximum Gasteiger partial charge on any atom is 0.151 e. The highest BCUT2D eigenvalue weighted by molar-refractivity contribution is 5.83. The van der Waals surface area contributed by atoms with Crippen molar-refractivity contribution in [1.82, 2.24) is 10.2 Å². The first-order valence-electron chi connectivity index (χ1n) is 6.20. The molecule has 1 atom stereocenters. The van der Waals surface area contributed by atoms with Crippen LogP contribution in [0.5, 0.6) is 0 Å². The van der Waals surface area contributed by atoms with Crippen LogP contribution < -0.4 is 5.32 Å². The van der Waals surface area contributed by atoms with Gasteiger partial charge < -0.3 is 5.32 Å². The van der Waals surface area contributed by atoms with Gasteiger partial charge in [0.1, 0.15) is 0 Å². The molecule has 0 aliphatic carbocycles. The monoisotopic (exact) mass is 232 g/mol. The van der Waals surface area contributed by atoms with Gasteiger partial charge in [0.2, 0.25) is 0 Å². The fourth-order valence-corrected chi connectivity index (χ4v) is 2.39. The molecule has 1 aromatic carbocycles. The summed E-state index contributed by atoms with van der Waals surface area (Å²) in [6, 6.07) is 8.23. The molecule has 1 N–H and O–H groups in total. The minimum atomic E-state index is -0.0716. The number of nitrogens with zero attached hydrogens (tertiary/aromatic N) is 1. The van der Waals surface area contributed by atoms with Crippen LogP contribution in [0, 0.1) is 6.92 Å². The zero-order chi connectivity index (χ0) is 12.3. The molecular formula is C14H20N2O. The summed E-state index contributed by atoms with van der Waals surface area (Å²) in [5.74, 6) is 0.232. The molecule has 0 radical (unpaired) electrons. The average molecular weight is 232 g/mol. The van der Waals surface area contributed by atoms with E-state index in [2.05, 4.69) is 41.4 Å². The smallest absolute Gasteiger partial charge is 0.151 e. The largest absolute Gasteiger partial charge is 0.314 e. The highest BCUT2D eigenvalue weighted by atomic mass is 16.1. The second kappa shape index (κ2) is 5.43. The zero-order valence-electron chi connectivity index (χ0n) is 10.6. The Balaban J connectivity index is 2.21. The molecule has 0 bridgehead atoms. The maximum atomic E-state index is 11.9. The normalized spacial score (nSPS) is 18.9. The second-order valence-electron chi connectivity index (χ2n) is 4.71. The van der Waals surface area contributed by atoms with Crippen molar-refractivity contribution in [2.45, 2.75) is 19.9 Å². The first kappa shape index (κ1) is 12.3. The summed E-state index contributed by atoms with van der Waals surface area (Å²) >= 11 is 0. The van der Waals surface area contributed by atoms with Crippen molar-refractivity contribution >= 4 is 5.78 Å². The predicted molar refractivity (Wildman–Crippen MR) is 69.0 cm³/mol. The molecule has 1 saturated heterocycles.